The molecule has 24 heavy (non-hydrogen) atoms. The summed E-state index contributed by atoms with van der Waals surface area (Å²) in [4.78, 5) is 28.0. The Morgan fingerprint density at radius 1 is 1.33 bits per heavy atom. The average molecular weight is 331 g/mol. The summed E-state index contributed by atoms with van der Waals surface area (Å²) < 4.78 is 6.63. The zero-order valence-electron chi connectivity index (χ0n) is 12.7. The molecule has 0 saturated carbocycles. The second-order valence-electron chi connectivity index (χ2n) is 5.44. The van der Waals surface area contributed by atoms with E-state index in [2.05, 4.69) is 10.3 Å². The molecule has 3 rings (SSSR count). The van der Waals surface area contributed by atoms with E-state index in [0.29, 0.717) is 5.56 Å². The van der Waals surface area contributed by atoms with Crippen LogP contribution < -0.4 is 11.0 Å². The Morgan fingerprint density at radius 2 is 2.08 bits per heavy atom. The second kappa shape index (κ2) is 6.91. The lowest BCUT2D eigenvalue weighted by atomic mass is 10.2. The van der Waals surface area contributed by atoms with Crippen LogP contribution in [0.4, 0.5) is 5.82 Å². The first-order chi connectivity index (χ1) is 11.6. The first-order valence-corrected chi connectivity index (χ1v) is 7.48. The molecular formula is C16H17N3O5. The molecule has 0 bridgehead atoms. The molecule has 1 aromatic carbocycles. The van der Waals surface area contributed by atoms with Gasteiger partial charge < -0.3 is 20.3 Å². The van der Waals surface area contributed by atoms with Crippen molar-refractivity contribution in [1.29, 1.82) is 0 Å². The first kappa shape index (κ1) is 16.3. The van der Waals surface area contributed by atoms with Crippen molar-refractivity contribution in [2.24, 2.45) is 0 Å². The molecule has 2 heterocycles. The van der Waals surface area contributed by atoms with E-state index in [9.17, 15) is 14.7 Å². The number of carbonyl (C=O) groups is 1. The van der Waals surface area contributed by atoms with Gasteiger partial charge in [0.1, 0.15) is 18.1 Å². The number of nitrogens with zero attached hydrogens (tertiary/aromatic N) is 2. The number of hydrogen-bond donors (Lipinski definition) is 3. The van der Waals surface area contributed by atoms with Gasteiger partial charge in [-0.05, 0) is 18.2 Å². The van der Waals surface area contributed by atoms with Crippen molar-refractivity contribution in [3.05, 3.63) is 58.6 Å². The lowest BCUT2D eigenvalue weighted by Crippen LogP contribution is -2.28. The number of nitrogens with one attached hydrogen (secondary N) is 1. The quantitative estimate of drug-likeness (QED) is 0.734. The summed E-state index contributed by atoms with van der Waals surface area (Å²) in [6.45, 7) is -0.328. The van der Waals surface area contributed by atoms with Crippen LogP contribution >= 0.6 is 0 Å². The number of benzene rings is 1. The van der Waals surface area contributed by atoms with Crippen LogP contribution in [-0.4, -0.2) is 44.5 Å². The zero-order valence-corrected chi connectivity index (χ0v) is 12.7. The molecule has 126 valence electrons. The van der Waals surface area contributed by atoms with Crippen molar-refractivity contribution in [3.63, 3.8) is 0 Å². The number of aliphatic hydroxyl groups excluding tert-OH is 2. The van der Waals surface area contributed by atoms with Crippen LogP contribution in [0, 0.1) is 0 Å². The molecule has 8 nitrogen and oxygen atoms in total. The molecule has 1 fully saturated rings. The van der Waals surface area contributed by atoms with Gasteiger partial charge in [0.2, 0.25) is 0 Å². The van der Waals surface area contributed by atoms with Crippen LogP contribution in [-0.2, 0) is 4.74 Å². The summed E-state index contributed by atoms with van der Waals surface area (Å²) in [6.07, 6.45) is -0.643. The predicted molar refractivity (Wildman–Crippen MR) is 84.5 cm³/mol. The number of hydrogen-bond acceptors (Lipinski definition) is 6. The van der Waals surface area contributed by atoms with Crippen molar-refractivity contribution < 1.29 is 19.7 Å². The summed E-state index contributed by atoms with van der Waals surface area (Å²) >= 11 is 0. The molecule has 3 atom stereocenters. The summed E-state index contributed by atoms with van der Waals surface area (Å²) in [5.41, 5.74) is -0.159. The fourth-order valence-corrected chi connectivity index (χ4v) is 2.53. The number of amides is 1. The molecule has 0 aliphatic carbocycles. The molecule has 0 radical (unpaired) electrons. The summed E-state index contributed by atoms with van der Waals surface area (Å²) in [5, 5.41) is 21.4. The number of rotatable bonds is 4. The SMILES string of the molecule is O=C(Nc1ccn([C@@H]2C[C@@H](O)[C@H](CO)O2)c(=O)n1)c1ccccc1. The zero-order chi connectivity index (χ0) is 17.1. The van der Waals surface area contributed by atoms with Gasteiger partial charge in [-0.2, -0.15) is 4.98 Å². The maximum atomic E-state index is 12.1. The van der Waals surface area contributed by atoms with Crippen molar-refractivity contribution in [2.75, 3.05) is 11.9 Å². The largest absolute Gasteiger partial charge is 0.394 e. The highest BCUT2D eigenvalue weighted by Gasteiger charge is 2.34. The summed E-state index contributed by atoms with van der Waals surface area (Å²) in [5.74, 6) is -0.240. The van der Waals surface area contributed by atoms with E-state index in [1.165, 1.54) is 16.8 Å². The van der Waals surface area contributed by atoms with E-state index in [0.717, 1.165) is 0 Å². The summed E-state index contributed by atoms with van der Waals surface area (Å²) in [7, 11) is 0. The Hall–Kier alpha value is -2.55. The monoisotopic (exact) mass is 331 g/mol. The molecule has 1 aliphatic rings. The van der Waals surface area contributed by atoms with Crippen LogP contribution in [0.1, 0.15) is 23.0 Å². The van der Waals surface area contributed by atoms with Crippen LogP contribution in [0.25, 0.3) is 0 Å². The molecular weight excluding hydrogens is 314 g/mol. The highest BCUT2D eigenvalue weighted by molar-refractivity contribution is 6.03. The molecule has 2 aromatic rings. The Balaban J connectivity index is 1.74. The number of carbonyl (C=O) groups excluding carboxylic acids is 1. The Kier molecular flexibility index (Phi) is 4.70. The minimum absolute atomic E-state index is 0.127. The van der Waals surface area contributed by atoms with Gasteiger partial charge >= 0.3 is 5.69 Å². The van der Waals surface area contributed by atoms with Gasteiger partial charge in [-0.15, -0.1) is 0 Å². The minimum Gasteiger partial charge on any atom is -0.394 e. The van der Waals surface area contributed by atoms with Crippen LogP contribution in [0.2, 0.25) is 0 Å². The number of ether oxygens (including phenoxy) is 1. The van der Waals surface area contributed by atoms with Gasteiger partial charge in [-0.25, -0.2) is 4.79 Å². The third-order valence-corrected chi connectivity index (χ3v) is 3.80. The van der Waals surface area contributed by atoms with Crippen molar-refractivity contribution >= 4 is 11.7 Å². The minimum atomic E-state index is -0.843. The maximum absolute atomic E-state index is 12.1. The third kappa shape index (κ3) is 3.35. The Labute approximate surface area is 137 Å². The lowest BCUT2D eigenvalue weighted by molar-refractivity contribution is -0.0458. The standard InChI is InChI=1S/C16H17N3O5/c20-9-12-11(21)8-14(24-12)19-7-6-13(18-16(19)23)17-15(22)10-4-2-1-3-5-10/h1-7,11-12,14,20-21H,8-9H2,(H,17,18,22,23)/t11-,12+,14+/m1/s1. The van der Waals surface area contributed by atoms with E-state index < -0.39 is 24.1 Å². The number of aromatic nitrogens is 2. The fraction of sp³-hybridized carbons (Fsp3) is 0.312. The van der Waals surface area contributed by atoms with Crippen molar-refractivity contribution in [2.45, 2.75) is 24.9 Å². The van der Waals surface area contributed by atoms with Crippen LogP contribution in [0.3, 0.4) is 0 Å². The molecule has 0 unspecified atom stereocenters. The molecule has 8 heteroatoms. The van der Waals surface area contributed by atoms with E-state index in [1.54, 1.807) is 30.3 Å². The topological polar surface area (TPSA) is 114 Å². The Bertz CT molecular complexity index is 777. The van der Waals surface area contributed by atoms with Gasteiger partial charge in [-0.1, -0.05) is 18.2 Å². The van der Waals surface area contributed by atoms with Crippen LogP contribution in [0.15, 0.2) is 47.4 Å². The predicted octanol–water partition coefficient (Wildman–Crippen LogP) is 0.136. The van der Waals surface area contributed by atoms with Gasteiger partial charge in [-0.3, -0.25) is 9.36 Å². The molecule has 0 spiro atoms. The van der Waals surface area contributed by atoms with E-state index in [1.807, 2.05) is 0 Å². The smallest absolute Gasteiger partial charge is 0.351 e. The molecule has 1 amide bonds. The normalized spacial score (nSPS) is 23.2. The van der Waals surface area contributed by atoms with Crippen molar-refractivity contribution in [1.82, 2.24) is 9.55 Å². The highest BCUT2D eigenvalue weighted by atomic mass is 16.5. The van der Waals surface area contributed by atoms with Gasteiger partial charge in [0.15, 0.2) is 0 Å². The lowest BCUT2D eigenvalue weighted by Gasteiger charge is -2.14. The van der Waals surface area contributed by atoms with Crippen LogP contribution in [0.5, 0.6) is 0 Å². The van der Waals surface area contributed by atoms with E-state index in [-0.39, 0.29) is 24.8 Å². The van der Waals surface area contributed by atoms with Gasteiger partial charge in [0.25, 0.3) is 5.91 Å². The second-order valence-corrected chi connectivity index (χ2v) is 5.44. The van der Waals surface area contributed by atoms with Crippen molar-refractivity contribution in [3.8, 4) is 0 Å². The third-order valence-electron chi connectivity index (χ3n) is 3.80. The fourth-order valence-electron chi connectivity index (χ4n) is 2.53. The average Bonchev–Trinajstić information content (AvgIpc) is 2.96. The molecule has 1 aliphatic heterocycles. The van der Waals surface area contributed by atoms with E-state index >= 15 is 0 Å². The first-order valence-electron chi connectivity index (χ1n) is 7.48. The molecule has 3 N–H and O–H groups in total. The van der Waals surface area contributed by atoms with E-state index in [4.69, 9.17) is 9.84 Å². The number of anilines is 1. The molecule has 1 aromatic heterocycles. The summed E-state index contributed by atoms with van der Waals surface area (Å²) in [6, 6.07) is 10.1. The molecule has 1 saturated heterocycles. The van der Waals surface area contributed by atoms with Gasteiger partial charge in [0, 0.05) is 18.2 Å². The maximum Gasteiger partial charge on any atom is 0.351 e. The number of aliphatic hydroxyl groups is 2. The Morgan fingerprint density at radius 3 is 2.71 bits per heavy atom. The van der Waals surface area contributed by atoms with Gasteiger partial charge in [0.05, 0.1) is 12.7 Å². The highest BCUT2D eigenvalue weighted by Crippen LogP contribution is 2.27.